The van der Waals surface area contributed by atoms with Crippen molar-refractivity contribution in [3.8, 4) is 0 Å². The van der Waals surface area contributed by atoms with Crippen LogP contribution >= 0.6 is 0 Å². The van der Waals surface area contributed by atoms with Crippen LogP contribution in [0, 0.1) is 26.1 Å². The zero-order chi connectivity index (χ0) is 15.1. The highest BCUT2D eigenvalue weighted by molar-refractivity contribution is 5.76. The minimum absolute atomic E-state index is 0.0398. The van der Waals surface area contributed by atoms with Crippen molar-refractivity contribution in [1.29, 1.82) is 0 Å². The van der Waals surface area contributed by atoms with Crippen LogP contribution in [0.3, 0.4) is 0 Å². The van der Waals surface area contributed by atoms with Crippen molar-refractivity contribution < 1.29 is 14.6 Å². The third-order valence-corrected chi connectivity index (χ3v) is 2.61. The summed E-state index contributed by atoms with van der Waals surface area (Å²) in [6.07, 6.45) is 2.97. The molecule has 0 unspecified atom stereocenters. The number of nitro groups is 2. The summed E-state index contributed by atoms with van der Waals surface area (Å²) < 4.78 is 0. The zero-order valence-corrected chi connectivity index (χ0v) is 10.9. The van der Waals surface area contributed by atoms with Gasteiger partial charge in [0.1, 0.15) is 5.78 Å². The molecule has 20 heavy (non-hydrogen) atoms. The van der Waals surface area contributed by atoms with Crippen molar-refractivity contribution in [2.24, 2.45) is 5.92 Å². The van der Waals surface area contributed by atoms with Gasteiger partial charge in [-0.1, -0.05) is 24.3 Å². The molecule has 1 atom stereocenters. The number of carbonyl (C=O) groups excluding carboxylic acids is 1. The first-order valence-corrected chi connectivity index (χ1v) is 5.93. The van der Waals surface area contributed by atoms with Crippen LogP contribution < -0.4 is 0 Å². The Labute approximate surface area is 115 Å². The van der Waals surface area contributed by atoms with Gasteiger partial charge >= 0.3 is 0 Å². The van der Waals surface area contributed by atoms with E-state index in [1.54, 1.807) is 18.2 Å². The highest BCUT2D eigenvalue weighted by Gasteiger charge is 2.15. The number of Topliss-reactive ketones (excluding diaryl/α,β-unsaturated/α-hetero) is 1. The minimum atomic E-state index is -0.567. The summed E-state index contributed by atoms with van der Waals surface area (Å²) >= 11 is 0. The van der Waals surface area contributed by atoms with Crippen LogP contribution in [-0.4, -0.2) is 22.2 Å². The second-order valence-electron chi connectivity index (χ2n) is 4.36. The van der Waals surface area contributed by atoms with Gasteiger partial charge in [0.25, 0.3) is 5.69 Å². The molecule has 0 aliphatic heterocycles. The molecule has 1 rings (SSSR count). The Morgan fingerprint density at radius 3 is 2.50 bits per heavy atom. The summed E-state index contributed by atoms with van der Waals surface area (Å²) in [5.41, 5.74) is 0.279. The van der Waals surface area contributed by atoms with Crippen molar-refractivity contribution >= 4 is 17.5 Å². The molecule has 0 saturated carbocycles. The lowest BCUT2D eigenvalue weighted by molar-refractivity contribution is -0.485. The van der Waals surface area contributed by atoms with Crippen LogP contribution in [0.1, 0.15) is 18.9 Å². The Morgan fingerprint density at radius 2 is 1.95 bits per heavy atom. The van der Waals surface area contributed by atoms with Crippen molar-refractivity contribution in [1.82, 2.24) is 0 Å². The van der Waals surface area contributed by atoms with E-state index in [4.69, 9.17) is 0 Å². The number of nitrogens with zero attached hydrogens (tertiary/aromatic N) is 2. The molecule has 0 spiro atoms. The summed E-state index contributed by atoms with van der Waals surface area (Å²) in [6, 6.07) is 6.08. The maximum absolute atomic E-state index is 11.1. The van der Waals surface area contributed by atoms with Gasteiger partial charge in [-0.15, -0.1) is 0 Å². The molecule has 0 radical (unpaired) electrons. The third-order valence-electron chi connectivity index (χ3n) is 2.61. The fraction of sp³-hybridized carbons (Fsp3) is 0.308. The number of rotatable bonds is 7. The van der Waals surface area contributed by atoms with Gasteiger partial charge in [-0.2, -0.15) is 0 Å². The monoisotopic (exact) mass is 278 g/mol. The Bertz CT molecular complexity index is 537. The zero-order valence-electron chi connectivity index (χ0n) is 10.9. The first-order valence-electron chi connectivity index (χ1n) is 5.93. The number of hydrogen-bond donors (Lipinski definition) is 0. The van der Waals surface area contributed by atoms with E-state index in [0.717, 1.165) is 0 Å². The Morgan fingerprint density at radius 1 is 1.30 bits per heavy atom. The molecule has 0 fully saturated rings. The molecule has 0 aromatic heterocycles. The molecule has 1 aromatic carbocycles. The third kappa shape index (κ3) is 4.97. The summed E-state index contributed by atoms with van der Waals surface area (Å²) in [6.45, 7) is 0.975. The van der Waals surface area contributed by atoms with Crippen LogP contribution in [0.25, 0.3) is 6.08 Å². The van der Waals surface area contributed by atoms with Gasteiger partial charge in [-0.25, -0.2) is 0 Å². The lowest BCUT2D eigenvalue weighted by Gasteiger charge is -2.05. The van der Waals surface area contributed by atoms with E-state index in [0.29, 0.717) is 5.56 Å². The average Bonchev–Trinajstić information content (AvgIpc) is 2.34. The lowest BCUT2D eigenvalue weighted by atomic mass is 10.0. The predicted octanol–water partition coefficient (Wildman–Crippen LogP) is 2.48. The van der Waals surface area contributed by atoms with E-state index in [1.807, 2.05) is 0 Å². The van der Waals surface area contributed by atoms with Crippen molar-refractivity contribution in [2.75, 3.05) is 6.54 Å². The van der Waals surface area contributed by atoms with Crippen LogP contribution in [0.2, 0.25) is 0 Å². The van der Waals surface area contributed by atoms with E-state index in [-0.39, 0.29) is 24.4 Å². The van der Waals surface area contributed by atoms with Gasteiger partial charge in [0.05, 0.1) is 10.5 Å². The normalized spacial score (nSPS) is 12.2. The summed E-state index contributed by atoms with van der Waals surface area (Å²) in [4.78, 5) is 31.4. The van der Waals surface area contributed by atoms with Gasteiger partial charge in [0, 0.05) is 23.3 Å². The van der Waals surface area contributed by atoms with Crippen molar-refractivity contribution in [3.05, 3.63) is 56.1 Å². The molecule has 0 N–H and O–H groups in total. The van der Waals surface area contributed by atoms with Crippen LogP contribution in [0.5, 0.6) is 0 Å². The molecule has 106 valence electrons. The molecule has 0 bridgehead atoms. The lowest BCUT2D eigenvalue weighted by Crippen LogP contribution is -2.14. The largest absolute Gasteiger partial charge is 0.300 e. The molecule has 0 heterocycles. The molecule has 0 saturated heterocycles. The average molecular weight is 278 g/mol. The summed E-state index contributed by atoms with van der Waals surface area (Å²) in [5, 5.41) is 21.4. The molecule has 1 aromatic rings. The molecule has 7 heteroatoms. The second kappa shape index (κ2) is 7.13. The Hall–Kier alpha value is -2.57. The van der Waals surface area contributed by atoms with Crippen molar-refractivity contribution in [2.45, 2.75) is 13.3 Å². The summed E-state index contributed by atoms with van der Waals surface area (Å²) in [5.74, 6) is -0.730. The molecule has 0 aliphatic rings. The standard InChI is InChI=1S/C13H14N2O5/c1-10(16)8-11(9-14(17)18)6-7-12-4-2-3-5-13(12)15(19)20/h2-7,11H,8-9H2,1H3/b7-6+/t11-/m1/s1. The molecule has 7 nitrogen and oxygen atoms in total. The Kier molecular flexibility index (Phi) is 5.52. The van der Waals surface area contributed by atoms with E-state index in [1.165, 1.54) is 25.1 Å². The highest BCUT2D eigenvalue weighted by Crippen LogP contribution is 2.20. The number of nitro benzene ring substituents is 1. The number of hydrogen-bond acceptors (Lipinski definition) is 5. The van der Waals surface area contributed by atoms with E-state index in [2.05, 4.69) is 0 Å². The van der Waals surface area contributed by atoms with Gasteiger partial charge in [0.2, 0.25) is 6.54 Å². The van der Waals surface area contributed by atoms with E-state index >= 15 is 0 Å². The smallest absolute Gasteiger partial charge is 0.276 e. The van der Waals surface area contributed by atoms with Crippen molar-refractivity contribution in [3.63, 3.8) is 0 Å². The van der Waals surface area contributed by atoms with E-state index < -0.39 is 15.8 Å². The molecular weight excluding hydrogens is 264 g/mol. The predicted molar refractivity (Wildman–Crippen MR) is 72.8 cm³/mol. The maximum Gasteiger partial charge on any atom is 0.276 e. The highest BCUT2D eigenvalue weighted by atomic mass is 16.6. The fourth-order valence-corrected chi connectivity index (χ4v) is 1.79. The number of para-hydroxylation sites is 1. The second-order valence-corrected chi connectivity index (χ2v) is 4.36. The first-order chi connectivity index (χ1) is 9.40. The fourth-order valence-electron chi connectivity index (χ4n) is 1.79. The molecular formula is C13H14N2O5. The minimum Gasteiger partial charge on any atom is -0.300 e. The number of ketones is 1. The van der Waals surface area contributed by atoms with Crippen LogP contribution in [-0.2, 0) is 4.79 Å². The first kappa shape index (κ1) is 15.5. The quantitative estimate of drug-likeness (QED) is 0.563. The van der Waals surface area contributed by atoms with Gasteiger partial charge in [-0.05, 0) is 13.0 Å². The maximum atomic E-state index is 11.1. The topological polar surface area (TPSA) is 103 Å². The molecule has 0 aliphatic carbocycles. The SMILES string of the molecule is CC(=O)C[C@@H](/C=C/c1ccccc1[N+](=O)[O-])C[N+](=O)[O-]. The van der Waals surface area contributed by atoms with Crippen LogP contribution in [0.4, 0.5) is 5.69 Å². The number of carbonyl (C=O) groups is 1. The van der Waals surface area contributed by atoms with Gasteiger partial charge in [-0.3, -0.25) is 20.2 Å². The molecule has 0 amide bonds. The summed E-state index contributed by atoms with van der Waals surface area (Å²) in [7, 11) is 0. The Balaban J connectivity index is 2.94. The number of benzene rings is 1. The van der Waals surface area contributed by atoms with Gasteiger partial charge < -0.3 is 4.79 Å². The van der Waals surface area contributed by atoms with Gasteiger partial charge in [0.15, 0.2) is 0 Å². The van der Waals surface area contributed by atoms with E-state index in [9.17, 15) is 25.0 Å². The van der Waals surface area contributed by atoms with Crippen LogP contribution in [0.15, 0.2) is 30.3 Å².